The molecular weight excluding hydrogens is 328 g/mol. The van der Waals surface area contributed by atoms with Gasteiger partial charge in [-0.1, -0.05) is 34.6 Å². The molecule has 146 valence electrons. The molecule has 1 heterocycles. The average molecular weight is 360 g/mol. The first-order chi connectivity index (χ1) is 11.4. The lowest BCUT2D eigenvalue weighted by molar-refractivity contribution is -0.243. The third-order valence-electron chi connectivity index (χ3n) is 3.88. The zero-order valence-corrected chi connectivity index (χ0v) is 16.0. The van der Waals surface area contributed by atoms with E-state index in [9.17, 15) is 19.8 Å². The Bertz CT molecular complexity index is 455. The molecule has 0 aliphatic carbocycles. The first kappa shape index (κ1) is 21.9. The standard InChI is InChI=1S/C18H32O7/c1-10(2)7-12-17(25-14(20)8-18(4,5)6)16(22)15(21)13(24-12)9-23-11(3)19/h10,12-13,15-17,21-22H,7-9H2,1-6H3/t12-,13-,15+,16-,17-/m1/s1. The normalized spacial score (nSPS) is 30.2. The Labute approximate surface area is 149 Å². The van der Waals surface area contributed by atoms with Crippen molar-refractivity contribution in [1.82, 2.24) is 0 Å². The largest absolute Gasteiger partial charge is 0.463 e. The van der Waals surface area contributed by atoms with Crippen molar-refractivity contribution in [1.29, 1.82) is 0 Å². The Morgan fingerprint density at radius 3 is 2.20 bits per heavy atom. The number of ether oxygens (including phenoxy) is 3. The van der Waals surface area contributed by atoms with Gasteiger partial charge in [-0.2, -0.15) is 0 Å². The summed E-state index contributed by atoms with van der Waals surface area (Å²) < 4.78 is 16.2. The molecule has 0 spiro atoms. The SMILES string of the molecule is CC(=O)OC[C@H]1O[C@H](CC(C)C)[C@@H](OC(=O)CC(C)(C)C)[C@H](O)[C@H]1O. The fraction of sp³-hybridized carbons (Fsp3) is 0.889. The molecule has 0 radical (unpaired) electrons. The Morgan fingerprint density at radius 1 is 1.12 bits per heavy atom. The van der Waals surface area contributed by atoms with Crippen LogP contribution in [0.4, 0.5) is 0 Å². The fourth-order valence-electron chi connectivity index (χ4n) is 2.78. The summed E-state index contributed by atoms with van der Waals surface area (Å²) in [5.74, 6) is -0.713. The Balaban J connectivity index is 2.86. The van der Waals surface area contributed by atoms with Gasteiger partial charge in [0.1, 0.15) is 24.9 Å². The van der Waals surface area contributed by atoms with Crippen molar-refractivity contribution >= 4 is 11.9 Å². The smallest absolute Gasteiger partial charge is 0.306 e. The maximum atomic E-state index is 12.2. The zero-order valence-electron chi connectivity index (χ0n) is 16.0. The van der Waals surface area contributed by atoms with Gasteiger partial charge >= 0.3 is 11.9 Å². The molecule has 0 aromatic carbocycles. The molecule has 0 amide bonds. The summed E-state index contributed by atoms with van der Waals surface area (Å²) in [7, 11) is 0. The maximum Gasteiger partial charge on any atom is 0.306 e. The van der Waals surface area contributed by atoms with Crippen molar-refractivity contribution in [3.8, 4) is 0 Å². The summed E-state index contributed by atoms with van der Waals surface area (Å²) in [6.45, 7) is 10.8. The number of esters is 2. The molecule has 0 bridgehead atoms. The lowest BCUT2D eigenvalue weighted by Gasteiger charge is -2.42. The van der Waals surface area contributed by atoms with Crippen molar-refractivity contribution in [2.45, 2.75) is 84.9 Å². The lowest BCUT2D eigenvalue weighted by Crippen LogP contribution is -2.60. The predicted octanol–water partition coefficient (Wildman–Crippen LogP) is 1.43. The van der Waals surface area contributed by atoms with E-state index in [1.165, 1.54) is 6.92 Å². The van der Waals surface area contributed by atoms with Crippen LogP contribution in [0, 0.1) is 11.3 Å². The van der Waals surface area contributed by atoms with Crippen molar-refractivity contribution in [2.24, 2.45) is 11.3 Å². The molecule has 1 fully saturated rings. The molecule has 0 unspecified atom stereocenters. The number of carbonyl (C=O) groups excluding carboxylic acids is 2. The van der Waals surface area contributed by atoms with Crippen LogP contribution in [-0.4, -0.2) is 59.3 Å². The molecule has 7 nitrogen and oxygen atoms in total. The van der Waals surface area contributed by atoms with E-state index < -0.39 is 42.5 Å². The van der Waals surface area contributed by atoms with Gasteiger partial charge in [-0.3, -0.25) is 9.59 Å². The van der Waals surface area contributed by atoms with Gasteiger partial charge in [0.05, 0.1) is 12.5 Å². The number of rotatable bonds is 6. The minimum absolute atomic E-state index is 0.162. The number of hydrogen-bond donors (Lipinski definition) is 2. The molecule has 25 heavy (non-hydrogen) atoms. The van der Waals surface area contributed by atoms with Crippen LogP contribution in [0.3, 0.4) is 0 Å². The van der Waals surface area contributed by atoms with Crippen LogP contribution in [-0.2, 0) is 23.8 Å². The third kappa shape index (κ3) is 7.30. The van der Waals surface area contributed by atoms with E-state index in [0.717, 1.165) is 0 Å². The van der Waals surface area contributed by atoms with Crippen LogP contribution in [0.15, 0.2) is 0 Å². The molecule has 5 atom stereocenters. The summed E-state index contributed by atoms with van der Waals surface area (Å²) in [6.07, 6.45) is -4.29. The van der Waals surface area contributed by atoms with Gasteiger partial charge in [-0.25, -0.2) is 0 Å². The molecule has 1 aliphatic rings. The second kappa shape index (κ2) is 8.96. The topological polar surface area (TPSA) is 102 Å². The Hall–Kier alpha value is -1.18. The van der Waals surface area contributed by atoms with E-state index in [4.69, 9.17) is 14.2 Å². The molecular formula is C18H32O7. The maximum absolute atomic E-state index is 12.2. The van der Waals surface area contributed by atoms with Gasteiger partial charge in [0.15, 0.2) is 6.10 Å². The third-order valence-corrected chi connectivity index (χ3v) is 3.88. The van der Waals surface area contributed by atoms with E-state index in [-0.39, 0.29) is 24.4 Å². The summed E-state index contributed by atoms with van der Waals surface area (Å²) in [4.78, 5) is 23.2. The van der Waals surface area contributed by atoms with Crippen LogP contribution in [0.5, 0.6) is 0 Å². The molecule has 0 aromatic rings. The van der Waals surface area contributed by atoms with E-state index >= 15 is 0 Å². The molecule has 1 saturated heterocycles. The van der Waals surface area contributed by atoms with E-state index in [1.807, 2.05) is 34.6 Å². The summed E-state index contributed by atoms with van der Waals surface area (Å²) in [6, 6.07) is 0. The van der Waals surface area contributed by atoms with Crippen LogP contribution >= 0.6 is 0 Å². The Kier molecular flexibility index (Phi) is 7.84. The second-order valence-corrected chi connectivity index (χ2v) is 8.32. The van der Waals surface area contributed by atoms with Crippen LogP contribution in [0.1, 0.15) is 54.4 Å². The minimum Gasteiger partial charge on any atom is -0.463 e. The van der Waals surface area contributed by atoms with Gasteiger partial charge in [-0.15, -0.1) is 0 Å². The highest BCUT2D eigenvalue weighted by Crippen LogP contribution is 2.29. The van der Waals surface area contributed by atoms with Gasteiger partial charge in [0, 0.05) is 6.92 Å². The molecule has 0 saturated carbocycles. The minimum atomic E-state index is -1.31. The quantitative estimate of drug-likeness (QED) is 0.691. The molecule has 2 N–H and O–H groups in total. The lowest BCUT2D eigenvalue weighted by atomic mass is 9.89. The van der Waals surface area contributed by atoms with E-state index in [2.05, 4.69) is 0 Å². The van der Waals surface area contributed by atoms with Crippen molar-refractivity contribution in [3.05, 3.63) is 0 Å². The van der Waals surface area contributed by atoms with Gasteiger partial charge < -0.3 is 24.4 Å². The summed E-state index contributed by atoms with van der Waals surface area (Å²) >= 11 is 0. The van der Waals surface area contributed by atoms with E-state index in [0.29, 0.717) is 6.42 Å². The molecule has 0 aromatic heterocycles. The number of hydrogen-bond acceptors (Lipinski definition) is 7. The number of carbonyl (C=O) groups is 2. The van der Waals surface area contributed by atoms with Crippen molar-refractivity contribution in [2.75, 3.05) is 6.61 Å². The van der Waals surface area contributed by atoms with Crippen molar-refractivity contribution in [3.63, 3.8) is 0 Å². The fourth-order valence-corrected chi connectivity index (χ4v) is 2.78. The van der Waals surface area contributed by atoms with Gasteiger partial charge in [0.2, 0.25) is 0 Å². The van der Waals surface area contributed by atoms with Crippen LogP contribution in [0.25, 0.3) is 0 Å². The first-order valence-corrected chi connectivity index (χ1v) is 8.75. The highest BCUT2D eigenvalue weighted by molar-refractivity contribution is 5.70. The summed E-state index contributed by atoms with van der Waals surface area (Å²) in [5.41, 5.74) is -0.248. The van der Waals surface area contributed by atoms with Gasteiger partial charge in [0.25, 0.3) is 0 Å². The monoisotopic (exact) mass is 360 g/mol. The highest BCUT2D eigenvalue weighted by Gasteiger charge is 2.47. The predicted molar refractivity (Wildman–Crippen MR) is 90.7 cm³/mol. The second-order valence-electron chi connectivity index (χ2n) is 8.32. The highest BCUT2D eigenvalue weighted by atomic mass is 16.6. The summed E-state index contributed by atoms with van der Waals surface area (Å²) in [5, 5.41) is 20.7. The Morgan fingerprint density at radius 2 is 1.72 bits per heavy atom. The number of aliphatic hydroxyl groups is 2. The van der Waals surface area contributed by atoms with Gasteiger partial charge in [-0.05, 0) is 17.8 Å². The van der Waals surface area contributed by atoms with Crippen molar-refractivity contribution < 1.29 is 34.0 Å². The molecule has 7 heteroatoms. The molecule has 1 rings (SSSR count). The zero-order chi connectivity index (χ0) is 19.4. The molecule has 1 aliphatic heterocycles. The first-order valence-electron chi connectivity index (χ1n) is 8.75. The van der Waals surface area contributed by atoms with E-state index in [1.54, 1.807) is 0 Å². The van der Waals surface area contributed by atoms with Crippen LogP contribution < -0.4 is 0 Å². The average Bonchev–Trinajstić information content (AvgIpc) is 2.42. The van der Waals surface area contributed by atoms with Crippen LogP contribution in [0.2, 0.25) is 0 Å². The number of aliphatic hydroxyl groups excluding tert-OH is 2.